The minimum atomic E-state index is -5.42. The molecule has 0 amide bonds. The SMILES string of the molecule is OBOC1(F)C(F)=C(F)C(F)=C(F)C1(F)F. The second kappa shape index (κ2) is 3.77. The Kier molecular flexibility index (Phi) is 3.07. The van der Waals surface area contributed by atoms with Crippen molar-refractivity contribution in [3.63, 3.8) is 0 Å². The van der Waals surface area contributed by atoms with E-state index in [1.807, 2.05) is 0 Å². The third kappa shape index (κ3) is 1.44. The van der Waals surface area contributed by atoms with Gasteiger partial charge in [-0.1, -0.05) is 0 Å². The zero-order valence-electron chi connectivity index (χ0n) is 7.21. The first-order chi connectivity index (χ1) is 7.20. The average Bonchev–Trinajstić information content (AvgIpc) is 2.23. The van der Waals surface area contributed by atoms with E-state index in [-0.39, 0.29) is 0 Å². The zero-order valence-corrected chi connectivity index (χ0v) is 7.21. The van der Waals surface area contributed by atoms with Crippen LogP contribution in [0.2, 0.25) is 0 Å². The van der Waals surface area contributed by atoms with Gasteiger partial charge in [-0.05, 0) is 0 Å². The van der Waals surface area contributed by atoms with Crippen LogP contribution in [0.5, 0.6) is 0 Å². The van der Waals surface area contributed by atoms with E-state index < -0.39 is 42.8 Å². The Bertz CT molecular complexity index is 379. The summed E-state index contributed by atoms with van der Waals surface area (Å²) in [5, 5.41) is 8.03. The third-order valence-electron chi connectivity index (χ3n) is 1.80. The predicted molar refractivity (Wildman–Crippen MR) is 37.7 cm³/mol. The standard InChI is InChI=1S/C6H2BF7O2/c8-1-2(9)4(11)6(14,16-7-15)5(12,13)3(1)10/h7,15H. The van der Waals surface area contributed by atoms with Crippen LogP contribution < -0.4 is 0 Å². The van der Waals surface area contributed by atoms with Crippen molar-refractivity contribution in [2.45, 2.75) is 11.8 Å². The van der Waals surface area contributed by atoms with Crippen LogP contribution in [-0.4, -0.2) is 24.5 Å². The maximum Gasteiger partial charge on any atom is 0.438 e. The summed E-state index contributed by atoms with van der Waals surface area (Å²) < 4.78 is 92.0. The van der Waals surface area contributed by atoms with Crippen molar-refractivity contribution < 1.29 is 40.4 Å². The van der Waals surface area contributed by atoms with E-state index in [0.29, 0.717) is 0 Å². The Morgan fingerprint density at radius 2 is 1.38 bits per heavy atom. The zero-order chi connectivity index (χ0) is 12.7. The van der Waals surface area contributed by atoms with E-state index in [0.717, 1.165) is 0 Å². The van der Waals surface area contributed by atoms with Crippen molar-refractivity contribution in [3.8, 4) is 0 Å². The molecule has 1 unspecified atom stereocenters. The predicted octanol–water partition coefficient (Wildman–Crippen LogP) is 1.88. The fourth-order valence-corrected chi connectivity index (χ4v) is 0.994. The van der Waals surface area contributed by atoms with E-state index in [2.05, 4.69) is 4.65 Å². The average molecular weight is 250 g/mol. The minimum Gasteiger partial charge on any atom is -0.430 e. The van der Waals surface area contributed by atoms with Crippen LogP contribution >= 0.6 is 0 Å². The van der Waals surface area contributed by atoms with Crippen molar-refractivity contribution in [1.82, 2.24) is 0 Å². The molecule has 0 saturated heterocycles. The molecule has 1 rings (SSSR count). The second-order valence-corrected chi connectivity index (χ2v) is 2.70. The first-order valence-electron chi connectivity index (χ1n) is 3.63. The summed E-state index contributed by atoms with van der Waals surface area (Å²) in [7, 11) is -1.79. The highest BCUT2D eigenvalue weighted by molar-refractivity contribution is 6.16. The minimum absolute atomic E-state index is 1.79. The Hall–Kier alpha value is -1.03. The fraction of sp³-hybridized carbons (Fsp3) is 0.333. The van der Waals surface area contributed by atoms with Gasteiger partial charge in [0, 0.05) is 0 Å². The number of hydrogen-bond acceptors (Lipinski definition) is 2. The highest BCUT2D eigenvalue weighted by Gasteiger charge is 2.68. The molecule has 90 valence electrons. The lowest BCUT2D eigenvalue weighted by Gasteiger charge is -2.32. The fourth-order valence-electron chi connectivity index (χ4n) is 0.994. The van der Waals surface area contributed by atoms with Gasteiger partial charge in [0.05, 0.1) is 0 Å². The van der Waals surface area contributed by atoms with Gasteiger partial charge in [0.25, 0.3) is 0 Å². The van der Waals surface area contributed by atoms with E-state index >= 15 is 0 Å². The Balaban J connectivity index is 3.43. The van der Waals surface area contributed by atoms with Crippen LogP contribution in [0, 0.1) is 0 Å². The highest BCUT2D eigenvalue weighted by Crippen LogP contribution is 2.52. The van der Waals surface area contributed by atoms with Crippen LogP contribution in [-0.2, 0) is 4.65 Å². The van der Waals surface area contributed by atoms with Gasteiger partial charge in [-0.3, -0.25) is 0 Å². The van der Waals surface area contributed by atoms with Gasteiger partial charge in [0.2, 0.25) is 11.7 Å². The summed E-state index contributed by atoms with van der Waals surface area (Å²) in [4.78, 5) is 0. The topological polar surface area (TPSA) is 29.5 Å². The molecule has 0 heterocycles. The normalized spacial score (nSPS) is 29.8. The Morgan fingerprint density at radius 3 is 1.81 bits per heavy atom. The van der Waals surface area contributed by atoms with E-state index in [9.17, 15) is 30.7 Å². The monoisotopic (exact) mass is 250 g/mol. The van der Waals surface area contributed by atoms with Gasteiger partial charge in [-0.15, -0.1) is 0 Å². The molecular weight excluding hydrogens is 248 g/mol. The second-order valence-electron chi connectivity index (χ2n) is 2.70. The summed E-state index contributed by atoms with van der Waals surface area (Å²) in [6, 6.07) is 0. The van der Waals surface area contributed by atoms with E-state index in [4.69, 9.17) is 5.02 Å². The maximum absolute atomic E-state index is 13.2. The van der Waals surface area contributed by atoms with E-state index in [1.54, 1.807) is 0 Å². The Labute approximate surface area is 84.3 Å². The van der Waals surface area contributed by atoms with Crippen molar-refractivity contribution in [3.05, 3.63) is 23.3 Å². The van der Waals surface area contributed by atoms with Gasteiger partial charge < -0.3 is 9.68 Å². The van der Waals surface area contributed by atoms with Crippen molar-refractivity contribution >= 4 is 7.69 Å². The molecular formula is C6H2BF7O2. The summed E-state index contributed by atoms with van der Waals surface area (Å²) in [6.45, 7) is 0. The smallest absolute Gasteiger partial charge is 0.430 e. The van der Waals surface area contributed by atoms with Gasteiger partial charge in [0.1, 0.15) is 0 Å². The molecule has 0 spiro atoms. The van der Waals surface area contributed by atoms with Crippen molar-refractivity contribution in [1.29, 1.82) is 0 Å². The number of hydrogen-bond donors (Lipinski definition) is 1. The molecule has 0 bridgehead atoms. The number of rotatable bonds is 2. The molecule has 0 aromatic heterocycles. The summed E-state index contributed by atoms with van der Waals surface area (Å²) in [5.74, 6) is -22.1. The molecule has 0 radical (unpaired) electrons. The molecule has 0 aromatic carbocycles. The lowest BCUT2D eigenvalue weighted by molar-refractivity contribution is -0.219. The third-order valence-corrected chi connectivity index (χ3v) is 1.80. The number of allylic oxidation sites excluding steroid dienone is 2. The maximum atomic E-state index is 13.2. The molecule has 1 atom stereocenters. The molecule has 10 heteroatoms. The largest absolute Gasteiger partial charge is 0.438 e. The van der Waals surface area contributed by atoms with Crippen molar-refractivity contribution in [2.75, 3.05) is 0 Å². The van der Waals surface area contributed by atoms with Gasteiger partial charge in [0.15, 0.2) is 11.7 Å². The molecule has 1 N–H and O–H groups in total. The summed E-state index contributed by atoms with van der Waals surface area (Å²) in [6.07, 6.45) is 0. The molecule has 0 aromatic rings. The van der Waals surface area contributed by atoms with Gasteiger partial charge in [-0.2, -0.15) is 13.2 Å². The van der Waals surface area contributed by atoms with Gasteiger partial charge in [-0.25, -0.2) is 17.6 Å². The quantitative estimate of drug-likeness (QED) is 0.598. The Morgan fingerprint density at radius 1 is 0.938 bits per heavy atom. The highest BCUT2D eigenvalue weighted by atomic mass is 19.3. The van der Waals surface area contributed by atoms with Crippen molar-refractivity contribution in [2.24, 2.45) is 0 Å². The van der Waals surface area contributed by atoms with Crippen LogP contribution in [0.1, 0.15) is 0 Å². The molecule has 0 saturated carbocycles. The molecule has 1 aliphatic carbocycles. The molecule has 16 heavy (non-hydrogen) atoms. The molecule has 0 aliphatic heterocycles. The number of halogens is 7. The van der Waals surface area contributed by atoms with Crippen LogP contribution in [0.3, 0.4) is 0 Å². The molecule has 1 aliphatic rings. The molecule has 2 nitrogen and oxygen atoms in total. The van der Waals surface area contributed by atoms with Gasteiger partial charge >= 0.3 is 19.5 Å². The van der Waals surface area contributed by atoms with Crippen LogP contribution in [0.25, 0.3) is 0 Å². The van der Waals surface area contributed by atoms with Crippen LogP contribution in [0.4, 0.5) is 30.7 Å². The van der Waals surface area contributed by atoms with Crippen LogP contribution in [0.15, 0.2) is 23.3 Å². The first kappa shape index (κ1) is 13.0. The first-order valence-corrected chi connectivity index (χ1v) is 3.63. The number of alkyl halides is 3. The van der Waals surface area contributed by atoms with E-state index in [1.165, 1.54) is 0 Å². The summed E-state index contributed by atoms with van der Waals surface area (Å²) in [5.41, 5.74) is 0. The lowest BCUT2D eigenvalue weighted by atomic mass is 9.99. The summed E-state index contributed by atoms with van der Waals surface area (Å²) >= 11 is 0. The molecule has 0 fully saturated rings. The lowest BCUT2D eigenvalue weighted by Crippen LogP contribution is -2.51.